The van der Waals surface area contributed by atoms with Gasteiger partial charge in [0.05, 0.1) is 18.7 Å². The molecule has 0 spiro atoms. The molecule has 0 radical (unpaired) electrons. The summed E-state index contributed by atoms with van der Waals surface area (Å²) in [6, 6.07) is 13.3. The van der Waals surface area contributed by atoms with E-state index in [1.165, 1.54) is 0 Å². The molecule has 0 saturated carbocycles. The molecule has 2 aromatic rings. The maximum atomic E-state index is 12.9. The van der Waals surface area contributed by atoms with Crippen molar-refractivity contribution in [2.24, 2.45) is 5.92 Å². The third-order valence-electron chi connectivity index (χ3n) is 5.87. The van der Waals surface area contributed by atoms with Crippen LogP contribution in [0.4, 0.5) is 0 Å². The molecule has 0 bridgehead atoms. The van der Waals surface area contributed by atoms with Gasteiger partial charge in [0.1, 0.15) is 6.04 Å². The second-order valence-electron chi connectivity index (χ2n) is 7.34. The molecule has 1 aromatic carbocycles. The van der Waals surface area contributed by atoms with Gasteiger partial charge in [0.25, 0.3) is 0 Å². The Morgan fingerprint density at radius 2 is 1.79 bits per heavy atom. The molecule has 1 amide bonds. The average Bonchev–Trinajstić information content (AvgIpc) is 2.75. The number of pyridine rings is 1. The first-order chi connectivity index (χ1) is 13.7. The van der Waals surface area contributed by atoms with Crippen LogP contribution in [0.3, 0.4) is 0 Å². The summed E-state index contributed by atoms with van der Waals surface area (Å²) in [6.45, 7) is 1.00. The lowest BCUT2D eigenvalue weighted by Gasteiger charge is -2.52. The SMILES string of the molecule is N#C[C@@H]1[C@@H](c2ccc(-c3ccncc3)cc2)[C@@H](CO)N1C(=O)C1CCOCC1. The van der Waals surface area contributed by atoms with Crippen LogP contribution in [0.1, 0.15) is 24.3 Å². The van der Waals surface area contributed by atoms with Gasteiger partial charge >= 0.3 is 0 Å². The van der Waals surface area contributed by atoms with Crippen LogP contribution in [0.15, 0.2) is 48.8 Å². The molecule has 28 heavy (non-hydrogen) atoms. The molecule has 1 aromatic heterocycles. The largest absolute Gasteiger partial charge is 0.394 e. The van der Waals surface area contributed by atoms with Crippen LogP contribution >= 0.6 is 0 Å². The van der Waals surface area contributed by atoms with E-state index >= 15 is 0 Å². The summed E-state index contributed by atoms with van der Waals surface area (Å²) in [5, 5.41) is 19.7. The number of rotatable bonds is 4. The topological polar surface area (TPSA) is 86.5 Å². The number of nitriles is 1. The predicted molar refractivity (Wildman–Crippen MR) is 103 cm³/mol. The van der Waals surface area contributed by atoms with Gasteiger partial charge in [-0.1, -0.05) is 24.3 Å². The first-order valence-corrected chi connectivity index (χ1v) is 9.65. The highest BCUT2D eigenvalue weighted by molar-refractivity contribution is 5.81. The van der Waals surface area contributed by atoms with Gasteiger partial charge < -0.3 is 14.7 Å². The number of aromatic nitrogens is 1. The van der Waals surface area contributed by atoms with E-state index in [0.29, 0.717) is 26.1 Å². The number of carbonyl (C=O) groups is 1. The quantitative estimate of drug-likeness (QED) is 0.884. The number of carbonyl (C=O) groups excluding carboxylic acids is 1. The molecule has 6 heteroatoms. The van der Waals surface area contributed by atoms with Gasteiger partial charge in [-0.2, -0.15) is 5.26 Å². The van der Waals surface area contributed by atoms with Crippen molar-refractivity contribution in [3.63, 3.8) is 0 Å². The number of nitrogens with zero attached hydrogens (tertiary/aromatic N) is 3. The Kier molecular flexibility index (Phi) is 5.38. The lowest BCUT2D eigenvalue weighted by atomic mass is 9.74. The van der Waals surface area contributed by atoms with E-state index in [9.17, 15) is 15.2 Å². The molecule has 2 aliphatic rings. The van der Waals surface area contributed by atoms with Gasteiger partial charge in [0, 0.05) is 37.4 Å². The number of hydrogen-bond acceptors (Lipinski definition) is 5. The smallest absolute Gasteiger partial charge is 0.227 e. The van der Waals surface area contributed by atoms with Crippen LogP contribution < -0.4 is 0 Å². The maximum Gasteiger partial charge on any atom is 0.227 e. The minimum absolute atomic E-state index is 0.0291. The number of hydrogen-bond donors (Lipinski definition) is 1. The van der Waals surface area contributed by atoms with Crippen molar-refractivity contribution < 1.29 is 14.6 Å². The van der Waals surface area contributed by atoms with Crippen molar-refractivity contribution in [1.29, 1.82) is 5.26 Å². The summed E-state index contributed by atoms with van der Waals surface area (Å²) >= 11 is 0. The van der Waals surface area contributed by atoms with E-state index < -0.39 is 6.04 Å². The van der Waals surface area contributed by atoms with Crippen molar-refractivity contribution in [3.8, 4) is 17.2 Å². The van der Waals surface area contributed by atoms with Crippen molar-refractivity contribution >= 4 is 5.91 Å². The van der Waals surface area contributed by atoms with Crippen LogP contribution in [-0.2, 0) is 9.53 Å². The minimum Gasteiger partial charge on any atom is -0.394 e. The van der Waals surface area contributed by atoms with Crippen LogP contribution in [0.25, 0.3) is 11.1 Å². The third-order valence-corrected chi connectivity index (χ3v) is 5.87. The van der Waals surface area contributed by atoms with E-state index in [2.05, 4.69) is 11.1 Å². The fraction of sp³-hybridized carbons (Fsp3) is 0.409. The zero-order valence-electron chi connectivity index (χ0n) is 15.6. The molecule has 4 rings (SSSR count). The number of benzene rings is 1. The first-order valence-electron chi connectivity index (χ1n) is 9.65. The summed E-state index contributed by atoms with van der Waals surface area (Å²) < 4.78 is 5.34. The number of amides is 1. The van der Waals surface area contributed by atoms with Crippen molar-refractivity contribution in [2.45, 2.75) is 30.8 Å². The van der Waals surface area contributed by atoms with Crippen LogP contribution in [0.2, 0.25) is 0 Å². The molecular weight excluding hydrogens is 354 g/mol. The summed E-state index contributed by atoms with van der Waals surface area (Å²) in [6.07, 6.45) is 4.86. The first kappa shape index (κ1) is 18.6. The Bertz CT molecular complexity index is 857. The van der Waals surface area contributed by atoms with Gasteiger partial charge in [-0.15, -0.1) is 0 Å². The van der Waals surface area contributed by atoms with E-state index in [4.69, 9.17) is 4.74 Å². The van der Waals surface area contributed by atoms with Crippen molar-refractivity contribution in [1.82, 2.24) is 9.88 Å². The molecule has 3 atom stereocenters. The number of likely N-dealkylation sites (tertiary alicyclic amines) is 1. The summed E-state index contributed by atoms with van der Waals surface area (Å²) in [4.78, 5) is 18.6. The van der Waals surface area contributed by atoms with Gasteiger partial charge in [-0.05, 0) is 41.7 Å². The standard InChI is InChI=1S/C22H23N3O3/c23-13-19-21(17-3-1-15(2-4-17)16-5-9-24-10-6-16)20(14-26)25(19)22(27)18-7-11-28-12-8-18/h1-6,9-10,18-21,26H,7-8,11-12,14H2/t19-,20-,21-/m1/s1. The number of aliphatic hydroxyl groups is 1. The van der Waals surface area contributed by atoms with E-state index in [1.807, 2.05) is 36.4 Å². The van der Waals surface area contributed by atoms with Gasteiger partial charge in [0.15, 0.2) is 0 Å². The van der Waals surface area contributed by atoms with Crippen LogP contribution in [-0.4, -0.2) is 52.8 Å². The lowest BCUT2D eigenvalue weighted by Crippen LogP contribution is -2.66. The number of aliphatic hydroxyl groups excluding tert-OH is 1. The summed E-state index contributed by atoms with van der Waals surface area (Å²) in [5.74, 6) is -0.322. The van der Waals surface area contributed by atoms with Crippen molar-refractivity contribution in [3.05, 3.63) is 54.4 Å². The van der Waals surface area contributed by atoms with E-state index in [1.54, 1.807) is 17.3 Å². The monoisotopic (exact) mass is 377 g/mol. The molecular formula is C22H23N3O3. The highest BCUT2D eigenvalue weighted by atomic mass is 16.5. The Hall–Kier alpha value is -2.75. The zero-order chi connectivity index (χ0) is 19.5. The normalized spacial score (nSPS) is 25.0. The highest BCUT2D eigenvalue weighted by Crippen LogP contribution is 2.42. The van der Waals surface area contributed by atoms with Gasteiger partial charge in [0.2, 0.25) is 5.91 Å². The molecule has 2 aliphatic heterocycles. The van der Waals surface area contributed by atoms with Crippen LogP contribution in [0, 0.1) is 17.2 Å². The number of ether oxygens (including phenoxy) is 1. The second kappa shape index (κ2) is 8.09. The molecule has 2 fully saturated rings. The Balaban J connectivity index is 1.54. The van der Waals surface area contributed by atoms with Gasteiger partial charge in [-0.25, -0.2) is 0 Å². The lowest BCUT2D eigenvalue weighted by molar-refractivity contribution is -0.154. The Morgan fingerprint density at radius 1 is 1.14 bits per heavy atom. The molecule has 144 valence electrons. The molecule has 1 N–H and O–H groups in total. The molecule has 6 nitrogen and oxygen atoms in total. The maximum absolute atomic E-state index is 12.9. The zero-order valence-corrected chi connectivity index (χ0v) is 15.6. The van der Waals surface area contributed by atoms with E-state index in [-0.39, 0.29) is 30.4 Å². The highest BCUT2D eigenvalue weighted by Gasteiger charge is 2.52. The third kappa shape index (κ3) is 3.28. The van der Waals surface area contributed by atoms with Crippen molar-refractivity contribution in [2.75, 3.05) is 19.8 Å². The fourth-order valence-corrected chi connectivity index (χ4v) is 4.31. The second-order valence-corrected chi connectivity index (χ2v) is 7.34. The molecule has 3 heterocycles. The predicted octanol–water partition coefficient (Wildman–Crippen LogP) is 2.35. The van der Waals surface area contributed by atoms with Crippen LogP contribution in [0.5, 0.6) is 0 Å². The Labute approximate surface area is 164 Å². The minimum atomic E-state index is -0.542. The summed E-state index contributed by atoms with van der Waals surface area (Å²) in [7, 11) is 0. The molecule has 0 unspecified atom stereocenters. The van der Waals surface area contributed by atoms with Gasteiger partial charge in [-0.3, -0.25) is 9.78 Å². The summed E-state index contributed by atoms with van der Waals surface area (Å²) in [5.41, 5.74) is 3.11. The fourth-order valence-electron chi connectivity index (χ4n) is 4.31. The van der Waals surface area contributed by atoms with E-state index in [0.717, 1.165) is 16.7 Å². The Morgan fingerprint density at radius 3 is 2.39 bits per heavy atom. The molecule has 2 saturated heterocycles. The molecule has 0 aliphatic carbocycles. The average molecular weight is 377 g/mol.